The fourth-order valence-corrected chi connectivity index (χ4v) is 5.85. The highest BCUT2D eigenvalue weighted by molar-refractivity contribution is 6.43. The Bertz CT molecular complexity index is 1390. The molecule has 5 rings (SSSR count). The van der Waals surface area contributed by atoms with Crippen LogP contribution in [-0.4, -0.2) is 35.6 Å². The van der Waals surface area contributed by atoms with Crippen molar-refractivity contribution in [3.8, 4) is 17.3 Å². The van der Waals surface area contributed by atoms with E-state index in [0.29, 0.717) is 38.4 Å². The van der Waals surface area contributed by atoms with Gasteiger partial charge in [-0.2, -0.15) is 5.26 Å². The molecule has 1 spiro atoms. The molecule has 184 valence electrons. The number of nitriles is 1. The summed E-state index contributed by atoms with van der Waals surface area (Å²) in [7, 11) is 0. The number of rotatable bonds is 4. The quantitative estimate of drug-likeness (QED) is 0.381. The van der Waals surface area contributed by atoms with Crippen molar-refractivity contribution in [2.24, 2.45) is 5.41 Å². The number of carbonyl (C=O) groups is 1. The van der Waals surface area contributed by atoms with E-state index in [9.17, 15) is 10.1 Å². The van der Waals surface area contributed by atoms with Crippen molar-refractivity contribution >= 4 is 35.0 Å². The average molecular weight is 521 g/mol. The minimum Gasteiger partial charge on any atom is -0.461 e. The number of nitrogens with zero attached hydrogens (tertiary/aromatic N) is 4. The molecule has 2 aromatic carbocycles. The number of esters is 1. The van der Waals surface area contributed by atoms with Gasteiger partial charge in [-0.05, 0) is 74.3 Å². The normalized spacial score (nSPS) is 16.0. The summed E-state index contributed by atoms with van der Waals surface area (Å²) in [5, 5.41) is 10.1. The molecule has 3 aromatic rings. The van der Waals surface area contributed by atoms with Crippen LogP contribution < -0.4 is 4.90 Å². The first kappa shape index (κ1) is 24.5. The van der Waals surface area contributed by atoms with E-state index in [-0.39, 0.29) is 17.7 Å². The lowest BCUT2D eigenvalue weighted by atomic mass is 9.76. The van der Waals surface area contributed by atoms with E-state index in [0.717, 1.165) is 38.8 Å². The van der Waals surface area contributed by atoms with Crippen LogP contribution in [0.25, 0.3) is 11.3 Å². The maximum absolute atomic E-state index is 13.0. The molecule has 0 bridgehead atoms. The molecule has 2 heterocycles. The minimum atomic E-state index is -0.503. The van der Waals surface area contributed by atoms with E-state index in [1.807, 2.05) is 25.1 Å². The van der Waals surface area contributed by atoms with Crippen molar-refractivity contribution in [2.75, 3.05) is 24.6 Å². The first-order valence-electron chi connectivity index (χ1n) is 12.1. The Morgan fingerprint density at radius 3 is 2.61 bits per heavy atom. The number of halogens is 2. The van der Waals surface area contributed by atoms with Crippen molar-refractivity contribution in [1.82, 2.24) is 9.97 Å². The van der Waals surface area contributed by atoms with Gasteiger partial charge in [0.05, 0.1) is 39.7 Å². The second-order valence-corrected chi connectivity index (χ2v) is 10.4. The highest BCUT2D eigenvalue weighted by Gasteiger charge is 2.41. The van der Waals surface area contributed by atoms with Crippen molar-refractivity contribution in [1.29, 1.82) is 5.26 Å². The molecule has 0 saturated carbocycles. The molecule has 0 N–H and O–H groups in total. The standard InChI is InChI=1S/C28H26Cl2N4O2/c1-3-36-27(35)25-26(32-17(2)24(33-25)21-5-4-6-22(29)23(21)30)34-11-9-28(10-12-34)14-19-8-7-18(16-31)13-20(19)15-28/h4-8,13H,3,9-12,14-15H2,1-2H3. The molecule has 1 fully saturated rings. The van der Waals surface area contributed by atoms with Crippen LogP contribution in [0, 0.1) is 23.7 Å². The monoisotopic (exact) mass is 520 g/mol. The Kier molecular flexibility index (Phi) is 6.63. The maximum atomic E-state index is 13.0. The lowest BCUT2D eigenvalue weighted by Crippen LogP contribution is -2.42. The molecular formula is C28H26Cl2N4O2. The predicted octanol–water partition coefficient (Wildman–Crippen LogP) is 6.19. The summed E-state index contributed by atoms with van der Waals surface area (Å²) >= 11 is 12.7. The molecule has 0 amide bonds. The van der Waals surface area contributed by atoms with Gasteiger partial charge < -0.3 is 9.64 Å². The van der Waals surface area contributed by atoms with Crippen LogP contribution in [-0.2, 0) is 17.6 Å². The highest BCUT2D eigenvalue weighted by atomic mass is 35.5. The molecule has 8 heteroatoms. The van der Waals surface area contributed by atoms with Gasteiger partial charge in [0.15, 0.2) is 11.5 Å². The number of ether oxygens (including phenoxy) is 1. The van der Waals surface area contributed by atoms with Crippen LogP contribution in [0.5, 0.6) is 0 Å². The summed E-state index contributed by atoms with van der Waals surface area (Å²) in [4.78, 5) is 24.7. The van der Waals surface area contributed by atoms with Gasteiger partial charge in [-0.25, -0.2) is 14.8 Å². The topological polar surface area (TPSA) is 79.1 Å². The van der Waals surface area contributed by atoms with Gasteiger partial charge in [-0.3, -0.25) is 0 Å². The number of aryl methyl sites for hydroxylation is 1. The van der Waals surface area contributed by atoms with Crippen molar-refractivity contribution in [2.45, 2.75) is 39.5 Å². The van der Waals surface area contributed by atoms with Gasteiger partial charge in [0.25, 0.3) is 0 Å². The molecule has 0 atom stereocenters. The van der Waals surface area contributed by atoms with Crippen molar-refractivity contribution < 1.29 is 9.53 Å². The third kappa shape index (κ3) is 4.42. The fraction of sp³-hybridized carbons (Fsp3) is 0.357. The van der Waals surface area contributed by atoms with Crippen molar-refractivity contribution in [3.05, 3.63) is 74.5 Å². The number of piperidine rings is 1. The molecule has 1 saturated heterocycles. The average Bonchev–Trinajstić information content (AvgIpc) is 3.23. The largest absolute Gasteiger partial charge is 0.461 e. The minimum absolute atomic E-state index is 0.174. The van der Waals surface area contributed by atoms with E-state index in [1.165, 1.54) is 11.1 Å². The van der Waals surface area contributed by atoms with Crippen LogP contribution in [0.3, 0.4) is 0 Å². The van der Waals surface area contributed by atoms with E-state index in [1.54, 1.807) is 19.1 Å². The van der Waals surface area contributed by atoms with E-state index >= 15 is 0 Å². The zero-order valence-electron chi connectivity index (χ0n) is 20.3. The smallest absolute Gasteiger partial charge is 0.360 e. The second-order valence-electron chi connectivity index (χ2n) is 9.59. The summed E-state index contributed by atoms with van der Waals surface area (Å²) in [6.07, 6.45) is 3.93. The molecule has 2 aliphatic rings. The molecule has 0 unspecified atom stereocenters. The molecule has 0 radical (unpaired) electrons. The third-order valence-corrected chi connectivity index (χ3v) is 8.14. The number of aromatic nitrogens is 2. The Hall–Kier alpha value is -3.14. The number of fused-ring (bicyclic) bond motifs is 1. The van der Waals surface area contributed by atoms with Crippen molar-refractivity contribution in [3.63, 3.8) is 0 Å². The Labute approximate surface area is 220 Å². The van der Waals surface area contributed by atoms with Crippen LogP contribution in [0.2, 0.25) is 10.0 Å². The van der Waals surface area contributed by atoms with Gasteiger partial charge in [0, 0.05) is 18.7 Å². The molecular weight excluding hydrogens is 495 g/mol. The lowest BCUT2D eigenvalue weighted by molar-refractivity contribution is 0.0519. The summed E-state index contributed by atoms with van der Waals surface area (Å²) < 4.78 is 5.35. The zero-order chi connectivity index (χ0) is 25.4. The summed E-state index contributed by atoms with van der Waals surface area (Å²) in [5.41, 5.74) is 5.52. The first-order valence-corrected chi connectivity index (χ1v) is 12.9. The van der Waals surface area contributed by atoms with Gasteiger partial charge in [0.1, 0.15) is 0 Å². The molecule has 36 heavy (non-hydrogen) atoms. The maximum Gasteiger partial charge on any atom is 0.360 e. The Balaban J connectivity index is 1.44. The first-order chi connectivity index (χ1) is 17.3. The SMILES string of the molecule is CCOC(=O)c1nc(-c2cccc(Cl)c2Cl)c(C)nc1N1CCC2(CC1)Cc1ccc(C#N)cc1C2. The molecule has 6 nitrogen and oxygen atoms in total. The highest BCUT2D eigenvalue weighted by Crippen LogP contribution is 2.46. The molecule has 1 aromatic heterocycles. The Morgan fingerprint density at radius 1 is 1.14 bits per heavy atom. The number of anilines is 1. The van der Waals surface area contributed by atoms with E-state index in [2.05, 4.69) is 17.0 Å². The fourth-order valence-electron chi connectivity index (χ4n) is 5.46. The number of carbonyl (C=O) groups excluding carboxylic acids is 1. The summed E-state index contributed by atoms with van der Waals surface area (Å²) in [5.74, 6) is 0.0435. The van der Waals surface area contributed by atoms with Crippen LogP contribution >= 0.6 is 23.2 Å². The zero-order valence-corrected chi connectivity index (χ0v) is 21.8. The number of hydrogen-bond acceptors (Lipinski definition) is 6. The second kappa shape index (κ2) is 9.72. The summed E-state index contributed by atoms with van der Waals surface area (Å²) in [6.45, 7) is 5.40. The van der Waals surface area contributed by atoms with Gasteiger partial charge in [0.2, 0.25) is 0 Å². The van der Waals surface area contributed by atoms with Gasteiger partial charge in [-0.1, -0.05) is 41.4 Å². The van der Waals surface area contributed by atoms with Gasteiger partial charge in [-0.15, -0.1) is 0 Å². The van der Waals surface area contributed by atoms with E-state index < -0.39 is 5.97 Å². The van der Waals surface area contributed by atoms with Crippen LogP contribution in [0.1, 0.15) is 52.6 Å². The van der Waals surface area contributed by atoms with Gasteiger partial charge >= 0.3 is 5.97 Å². The number of benzene rings is 2. The number of hydrogen-bond donors (Lipinski definition) is 0. The molecule has 1 aliphatic carbocycles. The lowest BCUT2D eigenvalue weighted by Gasteiger charge is -2.40. The molecule has 1 aliphatic heterocycles. The third-order valence-electron chi connectivity index (χ3n) is 7.32. The van der Waals surface area contributed by atoms with Crippen LogP contribution in [0.15, 0.2) is 36.4 Å². The predicted molar refractivity (Wildman–Crippen MR) is 141 cm³/mol. The Morgan fingerprint density at radius 2 is 1.89 bits per heavy atom. The summed E-state index contributed by atoms with van der Waals surface area (Å²) in [6, 6.07) is 13.6. The van der Waals surface area contributed by atoms with Crippen LogP contribution in [0.4, 0.5) is 5.82 Å². The van der Waals surface area contributed by atoms with E-state index in [4.69, 9.17) is 37.9 Å².